The Hall–Kier alpha value is -2.97. The number of carbonyl (C=O) groups is 1. The molecule has 1 saturated heterocycles. The zero-order valence-corrected chi connectivity index (χ0v) is 17.2. The number of nitrogens with zero attached hydrogens (tertiary/aromatic N) is 2. The molecule has 8 heteroatoms. The van der Waals surface area contributed by atoms with Gasteiger partial charge < -0.3 is 9.84 Å². The number of sulfonamides is 1. The highest BCUT2D eigenvalue weighted by Gasteiger charge is 2.29. The molecule has 3 aromatic rings. The van der Waals surface area contributed by atoms with Crippen LogP contribution in [0.15, 0.2) is 76.1 Å². The van der Waals surface area contributed by atoms with Crippen LogP contribution in [0.4, 0.5) is 0 Å². The molecule has 1 aromatic heterocycles. The summed E-state index contributed by atoms with van der Waals surface area (Å²) < 4.78 is 32.2. The van der Waals surface area contributed by atoms with Gasteiger partial charge in [-0.05, 0) is 30.9 Å². The van der Waals surface area contributed by atoms with Gasteiger partial charge in [0.25, 0.3) is 5.91 Å². The van der Waals surface area contributed by atoms with Crippen LogP contribution >= 0.6 is 0 Å². The van der Waals surface area contributed by atoms with Gasteiger partial charge in [0.05, 0.1) is 4.90 Å². The number of rotatable bonds is 6. The molecule has 0 spiro atoms. The molecule has 7 nitrogen and oxygen atoms in total. The van der Waals surface area contributed by atoms with Crippen molar-refractivity contribution in [3.05, 3.63) is 72.4 Å². The molecule has 0 bridgehead atoms. The fourth-order valence-corrected chi connectivity index (χ4v) is 5.03. The van der Waals surface area contributed by atoms with Crippen molar-refractivity contribution in [3.8, 4) is 11.3 Å². The molecule has 0 aliphatic carbocycles. The van der Waals surface area contributed by atoms with E-state index in [1.807, 2.05) is 30.3 Å². The number of nitrogens with one attached hydrogen (secondary N) is 1. The van der Waals surface area contributed by atoms with Crippen LogP contribution in [0, 0.1) is 5.92 Å². The molecule has 1 aliphatic heterocycles. The first-order valence-electron chi connectivity index (χ1n) is 9.89. The molecule has 0 unspecified atom stereocenters. The highest BCUT2D eigenvalue weighted by atomic mass is 32.2. The summed E-state index contributed by atoms with van der Waals surface area (Å²) >= 11 is 0. The molecule has 1 N–H and O–H groups in total. The fraction of sp³-hybridized carbons (Fsp3) is 0.273. The summed E-state index contributed by atoms with van der Waals surface area (Å²) in [6, 6.07) is 19.6. The topological polar surface area (TPSA) is 92.5 Å². The lowest BCUT2D eigenvalue weighted by atomic mass is 9.98. The van der Waals surface area contributed by atoms with E-state index in [2.05, 4.69) is 10.5 Å². The molecule has 1 fully saturated rings. The summed E-state index contributed by atoms with van der Waals surface area (Å²) in [5.41, 5.74) is 1.09. The van der Waals surface area contributed by atoms with Crippen LogP contribution in [-0.4, -0.2) is 43.4 Å². The van der Waals surface area contributed by atoms with Gasteiger partial charge in [-0.2, -0.15) is 4.31 Å². The first kappa shape index (κ1) is 20.3. The molecule has 2 aromatic carbocycles. The van der Waals surface area contributed by atoms with Crippen molar-refractivity contribution < 1.29 is 17.7 Å². The first-order valence-corrected chi connectivity index (χ1v) is 11.3. The minimum absolute atomic E-state index is 0.219. The minimum Gasteiger partial charge on any atom is -0.355 e. The Morgan fingerprint density at radius 2 is 1.67 bits per heavy atom. The van der Waals surface area contributed by atoms with Crippen LogP contribution in [0.1, 0.15) is 23.3 Å². The maximum Gasteiger partial charge on any atom is 0.273 e. The maximum absolute atomic E-state index is 12.7. The smallest absolute Gasteiger partial charge is 0.273 e. The van der Waals surface area contributed by atoms with Crippen LogP contribution in [0.5, 0.6) is 0 Å². The number of carbonyl (C=O) groups excluding carboxylic acids is 1. The fourth-order valence-electron chi connectivity index (χ4n) is 3.54. The van der Waals surface area contributed by atoms with Crippen molar-refractivity contribution in [1.82, 2.24) is 14.8 Å². The van der Waals surface area contributed by atoms with Crippen molar-refractivity contribution in [2.24, 2.45) is 5.92 Å². The van der Waals surface area contributed by atoms with Crippen molar-refractivity contribution in [1.29, 1.82) is 0 Å². The van der Waals surface area contributed by atoms with Gasteiger partial charge >= 0.3 is 0 Å². The largest absolute Gasteiger partial charge is 0.355 e. The Kier molecular flexibility index (Phi) is 5.96. The molecule has 30 heavy (non-hydrogen) atoms. The second-order valence-electron chi connectivity index (χ2n) is 7.31. The van der Waals surface area contributed by atoms with Gasteiger partial charge in [-0.15, -0.1) is 0 Å². The first-order chi connectivity index (χ1) is 14.5. The molecule has 0 radical (unpaired) electrons. The van der Waals surface area contributed by atoms with E-state index in [-0.39, 0.29) is 17.5 Å². The molecular weight excluding hydrogens is 402 g/mol. The average Bonchev–Trinajstić information content (AvgIpc) is 3.29. The normalized spacial score (nSPS) is 15.7. The van der Waals surface area contributed by atoms with Gasteiger partial charge in [-0.1, -0.05) is 53.7 Å². The zero-order chi connectivity index (χ0) is 21.0. The van der Waals surface area contributed by atoms with Crippen LogP contribution in [0.25, 0.3) is 11.3 Å². The van der Waals surface area contributed by atoms with E-state index in [0.717, 1.165) is 5.56 Å². The molecule has 1 amide bonds. The van der Waals surface area contributed by atoms with E-state index in [4.69, 9.17) is 4.52 Å². The van der Waals surface area contributed by atoms with Crippen molar-refractivity contribution in [2.45, 2.75) is 17.7 Å². The Bertz CT molecular complexity index is 1090. The van der Waals surface area contributed by atoms with E-state index in [9.17, 15) is 13.2 Å². The third kappa shape index (κ3) is 4.44. The van der Waals surface area contributed by atoms with E-state index >= 15 is 0 Å². The number of hydrogen-bond acceptors (Lipinski definition) is 5. The number of benzene rings is 2. The highest BCUT2D eigenvalue weighted by molar-refractivity contribution is 7.89. The second-order valence-corrected chi connectivity index (χ2v) is 9.25. The summed E-state index contributed by atoms with van der Waals surface area (Å²) in [6.07, 6.45) is 1.39. The molecule has 0 atom stereocenters. The van der Waals surface area contributed by atoms with Gasteiger partial charge in [0.2, 0.25) is 10.0 Å². The molecule has 1 aliphatic rings. The average molecular weight is 426 g/mol. The summed E-state index contributed by atoms with van der Waals surface area (Å²) in [7, 11) is -3.46. The Balaban J connectivity index is 1.29. The monoisotopic (exact) mass is 425 g/mol. The molecular formula is C22H23N3O4S. The Labute approximate surface area is 175 Å². The summed E-state index contributed by atoms with van der Waals surface area (Å²) in [5.74, 6) is 0.470. The van der Waals surface area contributed by atoms with Crippen LogP contribution in [-0.2, 0) is 10.0 Å². The molecule has 2 heterocycles. The van der Waals surface area contributed by atoms with E-state index in [1.165, 1.54) is 4.31 Å². The Morgan fingerprint density at radius 3 is 2.33 bits per heavy atom. The van der Waals surface area contributed by atoms with Crippen LogP contribution in [0.2, 0.25) is 0 Å². The van der Waals surface area contributed by atoms with Crippen molar-refractivity contribution in [2.75, 3.05) is 19.6 Å². The van der Waals surface area contributed by atoms with Gasteiger partial charge in [0, 0.05) is 31.3 Å². The lowest BCUT2D eigenvalue weighted by Gasteiger charge is -2.31. The molecule has 4 rings (SSSR count). The molecule has 0 saturated carbocycles. The van der Waals surface area contributed by atoms with Gasteiger partial charge in [-0.25, -0.2) is 8.42 Å². The predicted molar refractivity (Wildman–Crippen MR) is 112 cm³/mol. The van der Waals surface area contributed by atoms with E-state index in [1.54, 1.807) is 36.4 Å². The van der Waals surface area contributed by atoms with Crippen LogP contribution in [0.3, 0.4) is 0 Å². The molecule has 156 valence electrons. The van der Waals surface area contributed by atoms with Gasteiger partial charge in [-0.3, -0.25) is 4.79 Å². The third-order valence-electron chi connectivity index (χ3n) is 5.31. The highest BCUT2D eigenvalue weighted by Crippen LogP contribution is 2.24. The lowest BCUT2D eigenvalue weighted by molar-refractivity contribution is 0.0932. The number of aromatic nitrogens is 1. The predicted octanol–water partition coefficient (Wildman–Crippen LogP) is 3.17. The van der Waals surface area contributed by atoms with Gasteiger partial charge in [0.1, 0.15) is 0 Å². The SMILES string of the molecule is O=C(NCC1CCN(S(=O)(=O)c2ccccc2)CC1)c1cc(-c2ccccc2)on1. The summed E-state index contributed by atoms with van der Waals surface area (Å²) in [6.45, 7) is 1.37. The standard InChI is InChI=1S/C22H23N3O4S/c26-22(20-15-21(29-24-20)18-7-3-1-4-8-18)23-16-17-11-13-25(14-12-17)30(27,28)19-9-5-2-6-10-19/h1-10,15,17H,11-14,16H2,(H,23,26). The van der Waals surface area contributed by atoms with Crippen molar-refractivity contribution >= 4 is 15.9 Å². The minimum atomic E-state index is -3.46. The number of amides is 1. The lowest BCUT2D eigenvalue weighted by Crippen LogP contribution is -2.41. The summed E-state index contributed by atoms with van der Waals surface area (Å²) in [4.78, 5) is 12.7. The Morgan fingerprint density at radius 1 is 1.03 bits per heavy atom. The quantitative estimate of drug-likeness (QED) is 0.655. The van der Waals surface area contributed by atoms with Crippen LogP contribution < -0.4 is 5.32 Å². The zero-order valence-electron chi connectivity index (χ0n) is 16.4. The third-order valence-corrected chi connectivity index (χ3v) is 7.22. The van der Waals surface area contributed by atoms with Gasteiger partial charge in [0.15, 0.2) is 11.5 Å². The second kappa shape index (κ2) is 8.81. The summed E-state index contributed by atoms with van der Waals surface area (Å²) in [5, 5.41) is 6.75. The van der Waals surface area contributed by atoms with E-state index in [0.29, 0.717) is 43.1 Å². The number of hydrogen-bond donors (Lipinski definition) is 1. The maximum atomic E-state index is 12.7. The van der Waals surface area contributed by atoms with E-state index < -0.39 is 10.0 Å². The van der Waals surface area contributed by atoms with Crippen molar-refractivity contribution in [3.63, 3.8) is 0 Å². The number of piperidine rings is 1.